The molecule has 1 amide bonds. The van der Waals surface area contributed by atoms with Gasteiger partial charge in [0.05, 0.1) is 159 Å². The van der Waals surface area contributed by atoms with Crippen LogP contribution in [-0.2, 0) is 61.6 Å². The highest BCUT2D eigenvalue weighted by atomic mass is 16.6. The van der Waals surface area contributed by atoms with Gasteiger partial charge < -0.3 is 72.2 Å². The molecule has 1 aliphatic rings. The first-order valence-electron chi connectivity index (χ1n) is 20.4. The summed E-state index contributed by atoms with van der Waals surface area (Å²) >= 11 is 0. The van der Waals surface area contributed by atoms with Crippen molar-refractivity contribution >= 4 is 6.09 Å². The first-order chi connectivity index (χ1) is 28.7. The number of nitrogens with zero attached hydrogens (tertiary/aromatic N) is 1. The van der Waals surface area contributed by atoms with Gasteiger partial charge in [-0.2, -0.15) is 0 Å². The molecule has 0 saturated carbocycles. The Hall–Kier alpha value is -2.81. The lowest BCUT2D eigenvalue weighted by Gasteiger charge is -2.19. The molecule has 16 heteroatoms. The van der Waals surface area contributed by atoms with Gasteiger partial charge in [0.15, 0.2) is 0 Å². The number of amides is 1. The summed E-state index contributed by atoms with van der Waals surface area (Å²) in [6.07, 6.45) is -0.366. The van der Waals surface area contributed by atoms with E-state index in [-0.39, 0.29) is 12.0 Å². The number of likely N-dealkylation sites (N-methyl/N-ethyl adjacent to an activating group) is 1. The minimum Gasteiger partial charge on any atom is -0.448 e. The van der Waals surface area contributed by atoms with Crippen molar-refractivity contribution in [1.82, 2.24) is 4.90 Å². The van der Waals surface area contributed by atoms with E-state index >= 15 is 0 Å². The highest BCUT2D eigenvalue weighted by Gasteiger charge is 2.29. The van der Waals surface area contributed by atoms with Crippen LogP contribution in [0.25, 0.3) is 11.1 Å². The third kappa shape index (κ3) is 23.1. The lowest BCUT2D eigenvalue weighted by Crippen LogP contribution is -2.32. The minimum atomic E-state index is -0.366. The summed E-state index contributed by atoms with van der Waals surface area (Å²) in [6, 6.07) is 16.6. The number of nitrogens with two attached hydrogens (primary N) is 1. The first kappa shape index (κ1) is 49.6. The average molecular weight is 825 g/mol. The van der Waals surface area contributed by atoms with Gasteiger partial charge in [0.1, 0.15) is 6.61 Å². The zero-order chi connectivity index (χ0) is 41.0. The molecule has 0 aromatic heterocycles. The van der Waals surface area contributed by atoms with Gasteiger partial charge in [-0.3, -0.25) is 0 Å². The van der Waals surface area contributed by atoms with Crippen molar-refractivity contribution in [2.45, 2.75) is 5.92 Å². The molecule has 0 saturated heterocycles. The van der Waals surface area contributed by atoms with Crippen LogP contribution in [-0.4, -0.2) is 196 Å². The maximum Gasteiger partial charge on any atom is 0.409 e. The van der Waals surface area contributed by atoms with Crippen molar-refractivity contribution in [3.8, 4) is 11.1 Å². The fourth-order valence-electron chi connectivity index (χ4n) is 5.60. The van der Waals surface area contributed by atoms with Crippen molar-refractivity contribution in [3.63, 3.8) is 0 Å². The highest BCUT2D eigenvalue weighted by molar-refractivity contribution is 5.79. The maximum absolute atomic E-state index is 12.6. The zero-order valence-electron chi connectivity index (χ0n) is 34.5. The Morgan fingerprint density at radius 3 is 1.03 bits per heavy atom. The molecule has 0 unspecified atom stereocenters. The largest absolute Gasteiger partial charge is 0.448 e. The molecule has 2 aromatic rings. The zero-order valence-corrected chi connectivity index (χ0v) is 34.5. The molecular formula is C42H68N2O14. The number of carbonyl (C=O) groups is 1. The second-order valence-electron chi connectivity index (χ2n) is 12.9. The van der Waals surface area contributed by atoms with E-state index in [2.05, 4.69) is 24.3 Å². The summed E-state index contributed by atoms with van der Waals surface area (Å²) in [5.74, 6) is 0.0364. The molecular weight excluding hydrogens is 756 g/mol. The van der Waals surface area contributed by atoms with Gasteiger partial charge in [0.25, 0.3) is 0 Å². The second kappa shape index (κ2) is 35.0. The monoisotopic (exact) mass is 824 g/mol. The van der Waals surface area contributed by atoms with E-state index in [0.717, 1.165) is 0 Å². The van der Waals surface area contributed by atoms with E-state index in [1.54, 1.807) is 7.05 Å². The number of carbonyl (C=O) groups excluding carboxylic acids is 1. The summed E-state index contributed by atoms with van der Waals surface area (Å²) in [4.78, 5) is 14.2. The number of ether oxygens (including phenoxy) is 13. The standard InChI is InChI=1S/C42H68N2O14/c1-44(42(45)58-36-41-39-8-4-2-6-37(39)38-7-3-5-9-40(38)41)11-13-47-15-17-49-19-21-51-23-25-53-27-29-55-31-33-57-35-34-56-32-30-54-28-26-52-24-22-50-20-18-48-16-14-46-12-10-43/h2-9,41H,10-36,43H2,1H3. The Bertz CT molecular complexity index is 1230. The Morgan fingerprint density at radius 2 is 0.724 bits per heavy atom. The molecule has 0 heterocycles. The van der Waals surface area contributed by atoms with Crippen molar-refractivity contribution in [2.75, 3.05) is 185 Å². The van der Waals surface area contributed by atoms with E-state index in [4.69, 9.17) is 67.3 Å². The summed E-state index contributed by atoms with van der Waals surface area (Å²) < 4.78 is 71.4. The van der Waals surface area contributed by atoms with Gasteiger partial charge >= 0.3 is 6.09 Å². The number of rotatable bonds is 40. The molecule has 0 aliphatic heterocycles. The highest BCUT2D eigenvalue weighted by Crippen LogP contribution is 2.44. The molecule has 3 rings (SSSR count). The van der Waals surface area contributed by atoms with Crippen LogP contribution in [0.15, 0.2) is 48.5 Å². The van der Waals surface area contributed by atoms with Crippen LogP contribution in [0.1, 0.15) is 17.0 Å². The quantitative estimate of drug-likeness (QED) is 0.0975. The van der Waals surface area contributed by atoms with Crippen LogP contribution in [0.5, 0.6) is 0 Å². The molecule has 2 aromatic carbocycles. The predicted molar refractivity (Wildman–Crippen MR) is 217 cm³/mol. The van der Waals surface area contributed by atoms with Crippen molar-refractivity contribution in [3.05, 3.63) is 59.7 Å². The maximum atomic E-state index is 12.6. The Morgan fingerprint density at radius 1 is 0.448 bits per heavy atom. The van der Waals surface area contributed by atoms with Gasteiger partial charge in [-0.1, -0.05) is 48.5 Å². The van der Waals surface area contributed by atoms with E-state index in [1.165, 1.54) is 27.2 Å². The minimum absolute atomic E-state index is 0.0364. The molecule has 330 valence electrons. The summed E-state index contributed by atoms with van der Waals surface area (Å²) in [5.41, 5.74) is 10.1. The molecule has 1 aliphatic carbocycles. The van der Waals surface area contributed by atoms with Gasteiger partial charge in [-0.25, -0.2) is 4.79 Å². The number of benzene rings is 2. The molecule has 2 N–H and O–H groups in total. The number of fused-ring (bicyclic) bond motifs is 3. The molecule has 16 nitrogen and oxygen atoms in total. The van der Waals surface area contributed by atoms with E-state index < -0.39 is 0 Å². The average Bonchev–Trinajstić information content (AvgIpc) is 3.57. The molecule has 0 radical (unpaired) electrons. The van der Waals surface area contributed by atoms with E-state index in [0.29, 0.717) is 178 Å². The lowest BCUT2D eigenvalue weighted by atomic mass is 9.98. The predicted octanol–water partition coefficient (Wildman–Crippen LogP) is 3.03. The number of hydrogen-bond acceptors (Lipinski definition) is 15. The molecule has 58 heavy (non-hydrogen) atoms. The Labute approximate surface area is 344 Å². The SMILES string of the molecule is CN(CCOCCOCCOCCOCCOCCOCCOCCOCCOCCOCCOCCOCCN)C(=O)OCC1c2ccccc2-c2ccccc21. The third-order valence-electron chi connectivity index (χ3n) is 8.57. The van der Waals surface area contributed by atoms with Crippen molar-refractivity contribution in [2.24, 2.45) is 5.73 Å². The summed E-state index contributed by atoms with van der Waals surface area (Å²) in [5, 5.41) is 0. The topological polar surface area (TPSA) is 166 Å². The van der Waals surface area contributed by atoms with E-state index in [1.807, 2.05) is 24.3 Å². The molecule has 0 fully saturated rings. The van der Waals surface area contributed by atoms with Crippen LogP contribution in [0.4, 0.5) is 4.79 Å². The van der Waals surface area contributed by atoms with Crippen LogP contribution in [0.3, 0.4) is 0 Å². The summed E-state index contributed by atoms with van der Waals surface area (Å²) in [6.45, 7) is 13.0. The van der Waals surface area contributed by atoms with Crippen LogP contribution < -0.4 is 5.73 Å². The van der Waals surface area contributed by atoms with Gasteiger partial charge in [0.2, 0.25) is 0 Å². The molecule has 0 bridgehead atoms. The number of hydrogen-bond donors (Lipinski definition) is 1. The summed E-state index contributed by atoms with van der Waals surface area (Å²) in [7, 11) is 1.71. The first-order valence-corrected chi connectivity index (χ1v) is 20.4. The van der Waals surface area contributed by atoms with Crippen LogP contribution >= 0.6 is 0 Å². The fourth-order valence-corrected chi connectivity index (χ4v) is 5.60. The lowest BCUT2D eigenvalue weighted by molar-refractivity contribution is -0.0284. The molecule has 0 atom stereocenters. The van der Waals surface area contributed by atoms with Crippen LogP contribution in [0.2, 0.25) is 0 Å². The van der Waals surface area contributed by atoms with Crippen molar-refractivity contribution in [1.29, 1.82) is 0 Å². The molecule has 0 spiro atoms. The van der Waals surface area contributed by atoms with Gasteiger partial charge in [-0.15, -0.1) is 0 Å². The van der Waals surface area contributed by atoms with E-state index in [9.17, 15) is 4.79 Å². The van der Waals surface area contributed by atoms with Gasteiger partial charge in [-0.05, 0) is 22.3 Å². The van der Waals surface area contributed by atoms with Crippen LogP contribution in [0, 0.1) is 0 Å². The van der Waals surface area contributed by atoms with Crippen molar-refractivity contribution < 1.29 is 66.4 Å². The Balaban J connectivity index is 0.950. The smallest absolute Gasteiger partial charge is 0.409 e. The normalized spacial score (nSPS) is 12.2. The fraction of sp³-hybridized carbons (Fsp3) is 0.690. The Kier molecular flexibility index (Phi) is 29.9. The third-order valence-corrected chi connectivity index (χ3v) is 8.57. The van der Waals surface area contributed by atoms with Gasteiger partial charge in [0, 0.05) is 26.1 Å². The second-order valence-corrected chi connectivity index (χ2v) is 12.9.